The number of piperidine rings is 1. The van der Waals surface area contributed by atoms with E-state index in [1.165, 1.54) is 31.3 Å². The highest BCUT2D eigenvalue weighted by atomic mass is 32.2. The molecule has 3 aliphatic heterocycles. The number of fused-ring (bicyclic) bond motifs is 1. The molecule has 3 aliphatic rings. The third-order valence-corrected chi connectivity index (χ3v) is 7.73. The van der Waals surface area contributed by atoms with Crippen molar-refractivity contribution in [2.45, 2.75) is 57.7 Å². The number of carbonyl (C=O) groups is 2. The van der Waals surface area contributed by atoms with E-state index in [9.17, 15) is 19.5 Å². The number of nitrogens with zero attached hydrogens (tertiary/aromatic N) is 3. The fourth-order valence-electron chi connectivity index (χ4n) is 5.02. The highest BCUT2D eigenvalue weighted by Gasteiger charge is 2.31. The first-order valence-electron chi connectivity index (χ1n) is 10.5. The van der Waals surface area contributed by atoms with Crippen molar-refractivity contribution in [1.29, 1.82) is 0 Å². The third-order valence-electron chi connectivity index (χ3n) is 6.68. The van der Waals surface area contributed by atoms with Gasteiger partial charge in [0.1, 0.15) is 5.56 Å². The summed E-state index contributed by atoms with van der Waals surface area (Å²) in [7, 11) is 0. The van der Waals surface area contributed by atoms with Crippen LogP contribution in [0.4, 0.5) is 0 Å². The number of amides is 1. The minimum atomic E-state index is -1.16. The van der Waals surface area contributed by atoms with Gasteiger partial charge in [-0.25, -0.2) is 4.79 Å². The van der Waals surface area contributed by atoms with Gasteiger partial charge in [-0.1, -0.05) is 0 Å². The van der Waals surface area contributed by atoms with Crippen LogP contribution in [0.5, 0.6) is 0 Å². The van der Waals surface area contributed by atoms with Gasteiger partial charge in [-0.15, -0.1) is 0 Å². The molecule has 2 fully saturated rings. The van der Waals surface area contributed by atoms with Crippen LogP contribution in [0.1, 0.15) is 60.1 Å². The number of aromatic nitrogens is 1. The quantitative estimate of drug-likeness (QED) is 0.807. The third kappa shape index (κ3) is 4.10. The monoisotopic (exact) mass is 419 g/mol. The van der Waals surface area contributed by atoms with Crippen LogP contribution in [0.15, 0.2) is 11.0 Å². The molecular formula is C21H29N3O4S. The zero-order chi connectivity index (χ0) is 20.5. The van der Waals surface area contributed by atoms with E-state index in [4.69, 9.17) is 0 Å². The van der Waals surface area contributed by atoms with Crippen LogP contribution in [0.2, 0.25) is 0 Å². The first-order valence-corrected chi connectivity index (χ1v) is 11.7. The van der Waals surface area contributed by atoms with Gasteiger partial charge in [0, 0.05) is 51.4 Å². The highest BCUT2D eigenvalue weighted by molar-refractivity contribution is 7.99. The van der Waals surface area contributed by atoms with E-state index >= 15 is 0 Å². The first kappa shape index (κ1) is 20.5. The van der Waals surface area contributed by atoms with Crippen molar-refractivity contribution in [3.8, 4) is 0 Å². The molecule has 0 aromatic carbocycles. The second-order valence-corrected chi connectivity index (χ2v) is 9.55. The second kappa shape index (κ2) is 8.52. The normalized spacial score (nSPS) is 21.8. The topological polar surface area (TPSA) is 82.9 Å². The molecule has 0 radical (unpaired) electrons. The van der Waals surface area contributed by atoms with Crippen LogP contribution < -0.4 is 5.56 Å². The molecule has 1 aromatic heterocycles. The van der Waals surface area contributed by atoms with Gasteiger partial charge in [0.05, 0.1) is 0 Å². The number of pyridine rings is 1. The molecule has 0 spiro atoms. The number of rotatable bonds is 3. The predicted molar refractivity (Wildman–Crippen MR) is 113 cm³/mol. The molecule has 0 bridgehead atoms. The summed E-state index contributed by atoms with van der Waals surface area (Å²) in [6, 6.07) is 0.670. The smallest absolute Gasteiger partial charge is 0.341 e. The number of hydrogen-bond acceptors (Lipinski definition) is 5. The van der Waals surface area contributed by atoms with Crippen molar-refractivity contribution in [2.24, 2.45) is 0 Å². The zero-order valence-corrected chi connectivity index (χ0v) is 17.7. The zero-order valence-electron chi connectivity index (χ0n) is 16.9. The van der Waals surface area contributed by atoms with Crippen molar-refractivity contribution in [2.75, 3.05) is 31.1 Å². The predicted octanol–water partition coefficient (Wildman–Crippen LogP) is 1.98. The van der Waals surface area contributed by atoms with Crippen LogP contribution in [0.3, 0.4) is 0 Å². The van der Waals surface area contributed by atoms with Crippen molar-refractivity contribution >= 4 is 23.6 Å². The number of thioether (sulfide) groups is 1. The maximum atomic E-state index is 13.1. The molecule has 0 saturated carbocycles. The van der Waals surface area contributed by atoms with Crippen LogP contribution in [0, 0.1) is 0 Å². The molecule has 29 heavy (non-hydrogen) atoms. The summed E-state index contributed by atoms with van der Waals surface area (Å²) >= 11 is 2.03. The Morgan fingerprint density at radius 3 is 2.38 bits per heavy atom. The lowest BCUT2D eigenvalue weighted by atomic mass is 9.95. The standard InChI is InChI=1S/C21H29N3O4S/c1-14(25)23-9-4-18-15(12-23)13-24(20(26)19(18)21(27)28)17-2-7-22(8-3-17)16-5-10-29-11-6-16/h13,16-17H,2-12H2,1H3,(H,27,28). The Hall–Kier alpha value is -1.80. The van der Waals surface area contributed by atoms with Gasteiger partial charge >= 0.3 is 5.97 Å². The Morgan fingerprint density at radius 2 is 1.76 bits per heavy atom. The highest BCUT2D eigenvalue weighted by Crippen LogP contribution is 2.29. The molecular weight excluding hydrogens is 390 g/mol. The summed E-state index contributed by atoms with van der Waals surface area (Å²) in [5.74, 6) is 1.27. The lowest BCUT2D eigenvalue weighted by Crippen LogP contribution is -2.45. The number of carboxylic acids is 1. The Balaban J connectivity index is 1.58. The molecule has 1 aromatic rings. The molecule has 0 unspecified atom stereocenters. The van der Waals surface area contributed by atoms with Gasteiger partial charge in [0.25, 0.3) is 5.56 Å². The number of aromatic carboxylic acids is 1. The van der Waals surface area contributed by atoms with E-state index in [0.29, 0.717) is 31.1 Å². The van der Waals surface area contributed by atoms with Crippen molar-refractivity contribution < 1.29 is 14.7 Å². The second-order valence-electron chi connectivity index (χ2n) is 8.33. The van der Waals surface area contributed by atoms with E-state index in [1.807, 2.05) is 18.0 Å². The van der Waals surface area contributed by atoms with Crippen LogP contribution >= 0.6 is 11.8 Å². The largest absolute Gasteiger partial charge is 0.477 e. The summed E-state index contributed by atoms with van der Waals surface area (Å²) in [5.41, 5.74) is 0.918. The Bertz CT molecular complexity index is 854. The van der Waals surface area contributed by atoms with Gasteiger partial charge in [-0.2, -0.15) is 11.8 Å². The first-order chi connectivity index (χ1) is 14.0. The van der Waals surface area contributed by atoms with Crippen molar-refractivity contribution in [3.05, 3.63) is 33.2 Å². The van der Waals surface area contributed by atoms with E-state index < -0.39 is 5.97 Å². The summed E-state index contributed by atoms with van der Waals surface area (Å²) in [4.78, 5) is 41.0. The van der Waals surface area contributed by atoms with Crippen LogP contribution in [-0.4, -0.2) is 68.5 Å². The minimum Gasteiger partial charge on any atom is -0.477 e. The molecule has 4 heterocycles. The summed E-state index contributed by atoms with van der Waals surface area (Å²) in [6.07, 6.45) is 6.44. The number of likely N-dealkylation sites (tertiary alicyclic amines) is 1. The van der Waals surface area contributed by atoms with Gasteiger partial charge < -0.3 is 19.5 Å². The van der Waals surface area contributed by atoms with Gasteiger partial charge in [-0.3, -0.25) is 9.59 Å². The molecule has 7 nitrogen and oxygen atoms in total. The van der Waals surface area contributed by atoms with Crippen LogP contribution in [0.25, 0.3) is 0 Å². The maximum absolute atomic E-state index is 13.1. The number of carbonyl (C=O) groups excluding carboxylic acids is 1. The van der Waals surface area contributed by atoms with Gasteiger partial charge in [0.2, 0.25) is 5.91 Å². The molecule has 2 saturated heterocycles. The van der Waals surface area contributed by atoms with E-state index in [1.54, 1.807) is 9.47 Å². The SMILES string of the molecule is CC(=O)N1CCc2c(cn(C3CCN(C4CCSCC4)CC3)c(=O)c2C(=O)O)C1. The van der Waals surface area contributed by atoms with Crippen molar-refractivity contribution in [3.63, 3.8) is 0 Å². The lowest BCUT2D eigenvalue weighted by molar-refractivity contribution is -0.129. The van der Waals surface area contributed by atoms with Crippen LogP contribution in [-0.2, 0) is 17.8 Å². The van der Waals surface area contributed by atoms with Crippen molar-refractivity contribution in [1.82, 2.24) is 14.4 Å². The molecule has 1 N–H and O–H groups in total. The summed E-state index contributed by atoms with van der Waals surface area (Å²) < 4.78 is 1.65. The molecule has 8 heteroatoms. The molecule has 4 rings (SSSR count). The number of carboxylic acid groups (broad SMARTS) is 1. The van der Waals surface area contributed by atoms with E-state index in [0.717, 1.165) is 31.5 Å². The Labute approximate surface area is 175 Å². The maximum Gasteiger partial charge on any atom is 0.341 e. The fourth-order valence-corrected chi connectivity index (χ4v) is 6.10. The lowest BCUT2D eigenvalue weighted by Gasteiger charge is -2.40. The summed E-state index contributed by atoms with van der Waals surface area (Å²) in [6.45, 7) is 4.27. The average Bonchev–Trinajstić information content (AvgIpc) is 2.73. The number of hydrogen-bond donors (Lipinski definition) is 1. The van der Waals surface area contributed by atoms with E-state index in [-0.39, 0.29) is 23.1 Å². The van der Waals surface area contributed by atoms with Gasteiger partial charge in [0.15, 0.2) is 0 Å². The fraction of sp³-hybridized carbons (Fsp3) is 0.667. The minimum absolute atomic E-state index is 0.0211. The molecule has 0 atom stereocenters. The van der Waals surface area contributed by atoms with Gasteiger partial charge in [-0.05, 0) is 54.7 Å². The molecule has 0 aliphatic carbocycles. The van der Waals surface area contributed by atoms with E-state index in [2.05, 4.69) is 4.90 Å². The molecule has 1 amide bonds. The summed E-state index contributed by atoms with van der Waals surface area (Å²) in [5, 5.41) is 9.73. The Morgan fingerprint density at radius 1 is 1.07 bits per heavy atom. The average molecular weight is 420 g/mol. The molecule has 158 valence electrons. The Kier molecular flexibility index (Phi) is 6.01.